The minimum absolute atomic E-state index is 0.109. The largest absolute Gasteiger partial charge is 0.331 e. The van der Waals surface area contributed by atoms with E-state index >= 15 is 0 Å². The van der Waals surface area contributed by atoms with Crippen molar-refractivity contribution in [3.05, 3.63) is 65.0 Å². The van der Waals surface area contributed by atoms with E-state index in [-0.39, 0.29) is 23.8 Å². The van der Waals surface area contributed by atoms with Gasteiger partial charge in [-0.2, -0.15) is 0 Å². The lowest BCUT2D eigenvalue weighted by Crippen LogP contribution is -2.43. The molecule has 0 aliphatic carbocycles. The van der Waals surface area contributed by atoms with Crippen LogP contribution in [0.25, 0.3) is 0 Å². The number of benzene rings is 2. The standard InChI is InChI=1S/C20H22FN3O2/c1-13(15-5-3-7-17(21)11-15)22-20(26)24-10-9-18-16(12-24)6-4-8-19(18)23-14(2)25/h3-8,11,13H,9-10,12H2,1-2H3,(H,22,26)(H,23,25)/t13-/m1/s1. The second-order valence-electron chi connectivity index (χ2n) is 6.52. The predicted molar refractivity (Wildman–Crippen MR) is 98.2 cm³/mol. The summed E-state index contributed by atoms with van der Waals surface area (Å²) >= 11 is 0. The fraction of sp³-hybridized carbons (Fsp3) is 0.300. The lowest BCUT2D eigenvalue weighted by Gasteiger charge is -2.31. The Bertz CT molecular complexity index is 838. The number of urea groups is 1. The molecule has 1 aliphatic rings. The Labute approximate surface area is 152 Å². The SMILES string of the molecule is CC(=O)Nc1cccc2c1CCN(C(=O)N[C@H](C)c1cccc(F)c1)C2. The lowest BCUT2D eigenvalue weighted by molar-refractivity contribution is -0.114. The minimum Gasteiger partial charge on any atom is -0.331 e. The Balaban J connectivity index is 1.68. The molecule has 3 rings (SSSR count). The van der Waals surface area contributed by atoms with E-state index in [2.05, 4.69) is 10.6 Å². The summed E-state index contributed by atoms with van der Waals surface area (Å²) < 4.78 is 13.4. The Morgan fingerprint density at radius 3 is 2.69 bits per heavy atom. The minimum atomic E-state index is -0.319. The molecule has 5 nitrogen and oxygen atoms in total. The molecular formula is C20H22FN3O2. The zero-order chi connectivity index (χ0) is 18.7. The fourth-order valence-electron chi connectivity index (χ4n) is 3.23. The summed E-state index contributed by atoms with van der Waals surface area (Å²) in [6.45, 7) is 4.35. The maximum absolute atomic E-state index is 13.4. The van der Waals surface area contributed by atoms with E-state index in [1.807, 2.05) is 25.1 Å². The van der Waals surface area contributed by atoms with Gasteiger partial charge in [-0.1, -0.05) is 24.3 Å². The van der Waals surface area contributed by atoms with Crippen molar-refractivity contribution in [3.63, 3.8) is 0 Å². The molecule has 26 heavy (non-hydrogen) atoms. The third-order valence-electron chi connectivity index (χ3n) is 4.55. The quantitative estimate of drug-likeness (QED) is 0.883. The summed E-state index contributed by atoms with van der Waals surface area (Å²) in [5.74, 6) is -0.427. The van der Waals surface area contributed by atoms with Crippen molar-refractivity contribution in [1.29, 1.82) is 0 Å². The molecule has 2 aromatic carbocycles. The van der Waals surface area contributed by atoms with Crippen LogP contribution >= 0.6 is 0 Å². The molecule has 1 aliphatic heterocycles. The van der Waals surface area contributed by atoms with Crippen molar-refractivity contribution >= 4 is 17.6 Å². The number of carbonyl (C=O) groups excluding carboxylic acids is 2. The number of hydrogen-bond acceptors (Lipinski definition) is 2. The summed E-state index contributed by atoms with van der Waals surface area (Å²) in [7, 11) is 0. The smallest absolute Gasteiger partial charge is 0.318 e. The molecule has 136 valence electrons. The third kappa shape index (κ3) is 4.02. The molecule has 1 atom stereocenters. The van der Waals surface area contributed by atoms with Crippen LogP contribution < -0.4 is 10.6 Å². The van der Waals surface area contributed by atoms with Crippen LogP contribution in [0.4, 0.5) is 14.9 Å². The Kier molecular flexibility index (Phi) is 5.21. The highest BCUT2D eigenvalue weighted by atomic mass is 19.1. The summed E-state index contributed by atoms with van der Waals surface area (Å²) in [6, 6.07) is 11.5. The number of halogens is 1. The van der Waals surface area contributed by atoms with E-state index in [1.54, 1.807) is 17.0 Å². The molecule has 0 saturated carbocycles. The molecule has 0 aromatic heterocycles. The molecule has 2 N–H and O–H groups in total. The van der Waals surface area contributed by atoms with E-state index < -0.39 is 0 Å². The van der Waals surface area contributed by atoms with Gasteiger partial charge in [0.25, 0.3) is 0 Å². The lowest BCUT2D eigenvalue weighted by atomic mass is 9.98. The summed E-state index contributed by atoms with van der Waals surface area (Å²) in [4.78, 5) is 25.7. The molecule has 0 saturated heterocycles. The maximum atomic E-state index is 13.4. The molecule has 0 unspecified atom stereocenters. The molecule has 0 spiro atoms. The van der Waals surface area contributed by atoms with Gasteiger partial charge >= 0.3 is 6.03 Å². The zero-order valence-corrected chi connectivity index (χ0v) is 14.9. The first kappa shape index (κ1) is 17.9. The number of nitrogens with one attached hydrogen (secondary N) is 2. The molecule has 2 aromatic rings. The van der Waals surface area contributed by atoms with Crippen LogP contribution in [-0.4, -0.2) is 23.4 Å². The highest BCUT2D eigenvalue weighted by molar-refractivity contribution is 5.90. The van der Waals surface area contributed by atoms with E-state index in [9.17, 15) is 14.0 Å². The average Bonchev–Trinajstić information content (AvgIpc) is 2.61. The Morgan fingerprint density at radius 2 is 1.96 bits per heavy atom. The first-order valence-electron chi connectivity index (χ1n) is 8.63. The first-order valence-corrected chi connectivity index (χ1v) is 8.63. The van der Waals surface area contributed by atoms with Crippen LogP contribution in [0.5, 0.6) is 0 Å². The van der Waals surface area contributed by atoms with Crippen LogP contribution in [0.3, 0.4) is 0 Å². The molecule has 3 amide bonds. The Hall–Kier alpha value is -2.89. The van der Waals surface area contributed by atoms with Crippen molar-refractivity contribution in [2.45, 2.75) is 32.9 Å². The second-order valence-corrected chi connectivity index (χ2v) is 6.52. The van der Waals surface area contributed by atoms with Gasteiger partial charge in [-0.25, -0.2) is 9.18 Å². The summed E-state index contributed by atoms with van der Waals surface area (Å²) in [6.07, 6.45) is 0.674. The van der Waals surface area contributed by atoms with E-state index in [4.69, 9.17) is 0 Å². The third-order valence-corrected chi connectivity index (χ3v) is 4.55. The van der Waals surface area contributed by atoms with E-state index in [0.717, 1.165) is 22.4 Å². The van der Waals surface area contributed by atoms with Crippen molar-refractivity contribution in [2.24, 2.45) is 0 Å². The van der Waals surface area contributed by atoms with Gasteiger partial charge in [-0.05, 0) is 48.2 Å². The molecular weight excluding hydrogens is 333 g/mol. The number of nitrogens with zero attached hydrogens (tertiary/aromatic N) is 1. The molecule has 0 bridgehead atoms. The summed E-state index contributed by atoms with van der Waals surface area (Å²) in [5, 5.41) is 5.76. The van der Waals surface area contributed by atoms with Gasteiger partial charge in [0.15, 0.2) is 0 Å². The molecule has 6 heteroatoms. The van der Waals surface area contributed by atoms with Crippen LogP contribution in [0.15, 0.2) is 42.5 Å². The maximum Gasteiger partial charge on any atom is 0.318 e. The highest BCUT2D eigenvalue weighted by Gasteiger charge is 2.23. The van der Waals surface area contributed by atoms with Gasteiger partial charge < -0.3 is 15.5 Å². The molecule has 0 fully saturated rings. The van der Waals surface area contributed by atoms with Crippen LogP contribution in [0.1, 0.15) is 36.6 Å². The van der Waals surface area contributed by atoms with Crippen molar-refractivity contribution in [3.8, 4) is 0 Å². The number of hydrogen-bond donors (Lipinski definition) is 2. The summed E-state index contributed by atoms with van der Waals surface area (Å²) in [5.41, 5.74) is 3.63. The topological polar surface area (TPSA) is 61.4 Å². The Morgan fingerprint density at radius 1 is 1.19 bits per heavy atom. The molecule has 1 heterocycles. The monoisotopic (exact) mass is 355 g/mol. The number of fused-ring (bicyclic) bond motifs is 1. The van der Waals surface area contributed by atoms with Crippen LogP contribution in [0, 0.1) is 5.82 Å². The van der Waals surface area contributed by atoms with Crippen molar-refractivity contribution in [2.75, 3.05) is 11.9 Å². The number of amides is 3. The number of carbonyl (C=O) groups is 2. The van der Waals surface area contributed by atoms with Gasteiger partial charge in [0.05, 0.1) is 6.04 Å². The van der Waals surface area contributed by atoms with Crippen molar-refractivity contribution < 1.29 is 14.0 Å². The first-order chi connectivity index (χ1) is 12.4. The van der Waals surface area contributed by atoms with Crippen LogP contribution in [0.2, 0.25) is 0 Å². The molecule has 0 radical (unpaired) electrons. The normalized spacial score (nSPS) is 14.3. The van der Waals surface area contributed by atoms with E-state index in [0.29, 0.717) is 19.5 Å². The highest BCUT2D eigenvalue weighted by Crippen LogP contribution is 2.26. The van der Waals surface area contributed by atoms with Gasteiger partial charge in [-0.15, -0.1) is 0 Å². The van der Waals surface area contributed by atoms with Gasteiger partial charge in [0.2, 0.25) is 5.91 Å². The fourth-order valence-corrected chi connectivity index (χ4v) is 3.23. The predicted octanol–water partition coefficient (Wildman–Crippen LogP) is 3.61. The number of anilines is 1. The van der Waals surface area contributed by atoms with Gasteiger partial charge in [0, 0.05) is 25.7 Å². The zero-order valence-electron chi connectivity index (χ0n) is 14.9. The number of rotatable bonds is 3. The van der Waals surface area contributed by atoms with E-state index in [1.165, 1.54) is 19.1 Å². The van der Waals surface area contributed by atoms with Gasteiger partial charge in [-0.3, -0.25) is 4.79 Å². The van der Waals surface area contributed by atoms with Gasteiger partial charge in [0.1, 0.15) is 5.82 Å². The average molecular weight is 355 g/mol. The van der Waals surface area contributed by atoms with Crippen LogP contribution in [-0.2, 0) is 17.8 Å². The van der Waals surface area contributed by atoms with Crippen molar-refractivity contribution in [1.82, 2.24) is 10.2 Å². The second kappa shape index (κ2) is 7.56.